The fourth-order valence-corrected chi connectivity index (χ4v) is 2.18. The maximum absolute atomic E-state index is 11.7. The molecule has 0 spiro atoms. The van der Waals surface area contributed by atoms with Crippen LogP contribution in [0.4, 0.5) is 0 Å². The molecular formula is C16H22N2O. The minimum Gasteiger partial charge on any atom is -0.361 e. The Bertz CT molecular complexity index is 571. The SMILES string of the molecule is CC[C@@H](C)C(=O)NCCc1c[nH]c2ccc(C)cc12. The van der Waals surface area contributed by atoms with Gasteiger partial charge in [0.25, 0.3) is 0 Å². The van der Waals surface area contributed by atoms with Gasteiger partial charge in [0.05, 0.1) is 0 Å². The summed E-state index contributed by atoms with van der Waals surface area (Å²) in [7, 11) is 0. The van der Waals surface area contributed by atoms with Crippen LogP contribution in [0.1, 0.15) is 31.4 Å². The van der Waals surface area contributed by atoms with Crippen molar-refractivity contribution in [3.05, 3.63) is 35.5 Å². The maximum Gasteiger partial charge on any atom is 0.222 e. The first-order chi connectivity index (χ1) is 9.11. The van der Waals surface area contributed by atoms with Gasteiger partial charge >= 0.3 is 0 Å². The normalized spacial score (nSPS) is 12.6. The second-order valence-corrected chi connectivity index (χ2v) is 5.21. The zero-order chi connectivity index (χ0) is 13.8. The lowest BCUT2D eigenvalue weighted by Gasteiger charge is -2.09. The van der Waals surface area contributed by atoms with Gasteiger partial charge in [-0.2, -0.15) is 0 Å². The highest BCUT2D eigenvalue weighted by molar-refractivity contribution is 5.84. The number of amides is 1. The van der Waals surface area contributed by atoms with Gasteiger partial charge < -0.3 is 10.3 Å². The molecule has 1 aromatic carbocycles. The number of aryl methyl sites for hydroxylation is 1. The number of aromatic nitrogens is 1. The number of benzene rings is 1. The van der Waals surface area contributed by atoms with Gasteiger partial charge in [-0.25, -0.2) is 0 Å². The first kappa shape index (κ1) is 13.7. The number of hydrogen-bond donors (Lipinski definition) is 2. The Morgan fingerprint density at radius 2 is 2.21 bits per heavy atom. The molecule has 1 heterocycles. The summed E-state index contributed by atoms with van der Waals surface area (Å²) < 4.78 is 0. The third-order valence-electron chi connectivity index (χ3n) is 3.68. The molecule has 2 N–H and O–H groups in total. The molecule has 1 aromatic heterocycles. The van der Waals surface area contributed by atoms with Gasteiger partial charge in [0.2, 0.25) is 5.91 Å². The lowest BCUT2D eigenvalue weighted by molar-refractivity contribution is -0.124. The number of carbonyl (C=O) groups excluding carboxylic acids is 1. The molecule has 0 saturated carbocycles. The number of fused-ring (bicyclic) bond motifs is 1. The molecule has 0 saturated heterocycles. The molecule has 0 aliphatic carbocycles. The van der Waals surface area contributed by atoms with E-state index in [1.165, 1.54) is 16.5 Å². The predicted molar refractivity (Wildman–Crippen MR) is 79.2 cm³/mol. The molecule has 3 nitrogen and oxygen atoms in total. The van der Waals surface area contributed by atoms with Crippen molar-refractivity contribution in [2.24, 2.45) is 5.92 Å². The van der Waals surface area contributed by atoms with Crippen molar-refractivity contribution >= 4 is 16.8 Å². The molecule has 1 atom stereocenters. The number of carbonyl (C=O) groups is 1. The fraction of sp³-hybridized carbons (Fsp3) is 0.438. The van der Waals surface area contributed by atoms with E-state index >= 15 is 0 Å². The van der Waals surface area contributed by atoms with Crippen molar-refractivity contribution in [1.82, 2.24) is 10.3 Å². The molecule has 0 fully saturated rings. The summed E-state index contributed by atoms with van der Waals surface area (Å²) in [6.45, 7) is 6.79. The monoisotopic (exact) mass is 258 g/mol. The van der Waals surface area contributed by atoms with E-state index in [-0.39, 0.29) is 11.8 Å². The molecule has 3 heteroatoms. The smallest absolute Gasteiger partial charge is 0.222 e. The van der Waals surface area contributed by atoms with Crippen LogP contribution in [0.15, 0.2) is 24.4 Å². The van der Waals surface area contributed by atoms with Crippen LogP contribution >= 0.6 is 0 Å². The molecule has 0 radical (unpaired) electrons. The van der Waals surface area contributed by atoms with Gasteiger partial charge in [0.15, 0.2) is 0 Å². The average molecular weight is 258 g/mol. The van der Waals surface area contributed by atoms with Crippen LogP contribution in [0.5, 0.6) is 0 Å². The minimum atomic E-state index is 0.102. The van der Waals surface area contributed by atoms with Crippen molar-refractivity contribution in [2.75, 3.05) is 6.54 Å². The van der Waals surface area contributed by atoms with Gasteiger partial charge in [-0.15, -0.1) is 0 Å². The summed E-state index contributed by atoms with van der Waals surface area (Å²) in [4.78, 5) is 15.0. The average Bonchev–Trinajstić information content (AvgIpc) is 2.80. The summed E-state index contributed by atoms with van der Waals surface area (Å²) in [5.41, 5.74) is 3.69. The van der Waals surface area contributed by atoms with Gasteiger partial charge in [-0.3, -0.25) is 4.79 Å². The second kappa shape index (κ2) is 5.91. The Morgan fingerprint density at radius 1 is 1.42 bits per heavy atom. The Hall–Kier alpha value is -1.77. The Morgan fingerprint density at radius 3 is 2.95 bits per heavy atom. The standard InChI is InChI=1S/C16H22N2O/c1-4-12(3)16(19)17-8-7-13-10-18-15-6-5-11(2)9-14(13)15/h5-6,9-10,12,18H,4,7-8H2,1-3H3,(H,17,19)/t12-/m1/s1. The molecule has 1 amide bonds. The lowest BCUT2D eigenvalue weighted by atomic mass is 10.1. The van der Waals surface area contributed by atoms with E-state index in [0.29, 0.717) is 6.54 Å². The van der Waals surface area contributed by atoms with Crippen LogP contribution in [-0.4, -0.2) is 17.4 Å². The van der Waals surface area contributed by atoms with E-state index in [1.807, 2.05) is 20.0 Å². The molecular weight excluding hydrogens is 236 g/mol. The molecule has 0 unspecified atom stereocenters. The number of aromatic amines is 1. The van der Waals surface area contributed by atoms with Crippen LogP contribution in [0.25, 0.3) is 10.9 Å². The highest BCUT2D eigenvalue weighted by Crippen LogP contribution is 2.19. The quantitative estimate of drug-likeness (QED) is 0.850. The zero-order valence-electron chi connectivity index (χ0n) is 11.9. The van der Waals surface area contributed by atoms with E-state index in [9.17, 15) is 4.79 Å². The summed E-state index contributed by atoms with van der Waals surface area (Å²) in [5, 5.41) is 4.26. The largest absolute Gasteiger partial charge is 0.361 e. The molecule has 0 aliphatic rings. The Balaban J connectivity index is 1.98. The van der Waals surface area contributed by atoms with Gasteiger partial charge in [-0.05, 0) is 37.5 Å². The topological polar surface area (TPSA) is 44.9 Å². The van der Waals surface area contributed by atoms with E-state index in [2.05, 4.69) is 35.4 Å². The van der Waals surface area contributed by atoms with Crippen LogP contribution in [0.3, 0.4) is 0 Å². The molecule has 102 valence electrons. The summed E-state index contributed by atoms with van der Waals surface area (Å²) in [6.07, 6.45) is 3.79. The van der Waals surface area contributed by atoms with Crippen LogP contribution in [0.2, 0.25) is 0 Å². The summed E-state index contributed by atoms with van der Waals surface area (Å²) in [6, 6.07) is 6.40. The third-order valence-corrected chi connectivity index (χ3v) is 3.68. The number of H-pyrrole nitrogens is 1. The second-order valence-electron chi connectivity index (χ2n) is 5.21. The molecule has 0 aliphatic heterocycles. The lowest BCUT2D eigenvalue weighted by Crippen LogP contribution is -2.30. The highest BCUT2D eigenvalue weighted by atomic mass is 16.1. The molecule has 19 heavy (non-hydrogen) atoms. The van der Waals surface area contributed by atoms with Gasteiger partial charge in [-0.1, -0.05) is 25.5 Å². The fourth-order valence-electron chi connectivity index (χ4n) is 2.18. The van der Waals surface area contributed by atoms with Crippen molar-refractivity contribution < 1.29 is 4.79 Å². The van der Waals surface area contributed by atoms with Gasteiger partial charge in [0.1, 0.15) is 0 Å². The van der Waals surface area contributed by atoms with E-state index in [4.69, 9.17) is 0 Å². The van der Waals surface area contributed by atoms with Crippen molar-refractivity contribution in [1.29, 1.82) is 0 Å². The number of rotatable bonds is 5. The van der Waals surface area contributed by atoms with E-state index in [0.717, 1.165) is 18.4 Å². The van der Waals surface area contributed by atoms with Gasteiger partial charge in [0, 0.05) is 29.6 Å². The third kappa shape index (κ3) is 3.16. The summed E-state index contributed by atoms with van der Waals surface area (Å²) in [5.74, 6) is 0.253. The summed E-state index contributed by atoms with van der Waals surface area (Å²) >= 11 is 0. The van der Waals surface area contributed by atoms with Crippen LogP contribution in [0, 0.1) is 12.8 Å². The molecule has 0 bridgehead atoms. The predicted octanol–water partition coefficient (Wildman–Crippen LogP) is 3.18. The van der Waals surface area contributed by atoms with Crippen LogP contribution in [-0.2, 0) is 11.2 Å². The highest BCUT2D eigenvalue weighted by Gasteiger charge is 2.10. The Kier molecular flexibility index (Phi) is 4.25. The number of hydrogen-bond acceptors (Lipinski definition) is 1. The first-order valence-corrected chi connectivity index (χ1v) is 6.96. The van der Waals surface area contributed by atoms with Crippen LogP contribution < -0.4 is 5.32 Å². The number of nitrogens with one attached hydrogen (secondary N) is 2. The van der Waals surface area contributed by atoms with E-state index in [1.54, 1.807) is 0 Å². The van der Waals surface area contributed by atoms with Crippen molar-refractivity contribution in [3.63, 3.8) is 0 Å². The van der Waals surface area contributed by atoms with E-state index < -0.39 is 0 Å². The zero-order valence-corrected chi connectivity index (χ0v) is 11.9. The minimum absolute atomic E-state index is 0.102. The maximum atomic E-state index is 11.7. The molecule has 2 rings (SSSR count). The van der Waals surface area contributed by atoms with Crippen molar-refractivity contribution in [2.45, 2.75) is 33.6 Å². The van der Waals surface area contributed by atoms with Crippen molar-refractivity contribution in [3.8, 4) is 0 Å². The first-order valence-electron chi connectivity index (χ1n) is 6.96. The molecule has 2 aromatic rings. The Labute approximate surface area is 114 Å².